The van der Waals surface area contributed by atoms with Gasteiger partial charge in [0.25, 0.3) is 0 Å². The molecule has 2 aliphatic rings. The van der Waals surface area contributed by atoms with Gasteiger partial charge < -0.3 is 19.5 Å². The zero-order chi connectivity index (χ0) is 13.9. The first-order valence-electron chi connectivity index (χ1n) is 7.11. The third kappa shape index (κ3) is 2.90. The van der Waals surface area contributed by atoms with E-state index in [9.17, 15) is 0 Å². The minimum Gasteiger partial charge on any atom is -0.493 e. The largest absolute Gasteiger partial charge is 0.493 e. The molecule has 0 aromatic heterocycles. The predicted octanol–water partition coefficient (Wildman–Crippen LogP) is 1.05. The minimum atomic E-state index is 0.0982. The molecule has 2 aliphatic heterocycles. The van der Waals surface area contributed by atoms with E-state index in [0.717, 1.165) is 49.8 Å². The zero-order valence-electron chi connectivity index (χ0n) is 12.1. The minimum absolute atomic E-state index is 0.0982. The number of hydrogen-bond acceptors (Lipinski definition) is 5. The maximum atomic E-state index is 6.03. The fourth-order valence-electron chi connectivity index (χ4n) is 2.66. The van der Waals surface area contributed by atoms with Crippen molar-refractivity contribution in [3.05, 3.63) is 23.8 Å². The summed E-state index contributed by atoms with van der Waals surface area (Å²) in [6.07, 6.45) is 0.357. The molecule has 0 aliphatic carbocycles. The Labute approximate surface area is 119 Å². The van der Waals surface area contributed by atoms with Crippen molar-refractivity contribution in [1.29, 1.82) is 0 Å². The molecule has 1 N–H and O–H groups in total. The highest BCUT2D eigenvalue weighted by atomic mass is 16.5. The Hall–Kier alpha value is -1.30. The van der Waals surface area contributed by atoms with Crippen LogP contribution in [0.25, 0.3) is 0 Å². The van der Waals surface area contributed by atoms with Crippen molar-refractivity contribution >= 4 is 0 Å². The molecule has 1 atom stereocenters. The molecule has 0 amide bonds. The molecule has 2 saturated heterocycles. The van der Waals surface area contributed by atoms with Crippen LogP contribution in [0.3, 0.4) is 0 Å². The molecular weight excluding hydrogens is 256 g/mol. The van der Waals surface area contributed by atoms with Crippen LogP contribution < -0.4 is 14.8 Å². The molecule has 1 aromatic rings. The summed E-state index contributed by atoms with van der Waals surface area (Å²) in [6, 6.07) is 6.07. The van der Waals surface area contributed by atoms with Crippen LogP contribution in [0.4, 0.5) is 0 Å². The lowest BCUT2D eigenvalue weighted by Crippen LogP contribution is -2.51. The van der Waals surface area contributed by atoms with Crippen molar-refractivity contribution in [3.8, 4) is 11.5 Å². The molecule has 5 nitrogen and oxygen atoms in total. The molecule has 2 fully saturated rings. The van der Waals surface area contributed by atoms with Gasteiger partial charge in [0, 0.05) is 26.2 Å². The summed E-state index contributed by atoms with van der Waals surface area (Å²) in [5.74, 6) is 1.60. The summed E-state index contributed by atoms with van der Waals surface area (Å²) in [4.78, 5) is 2.23. The van der Waals surface area contributed by atoms with Gasteiger partial charge in [-0.2, -0.15) is 0 Å². The average molecular weight is 278 g/mol. The number of nitrogens with one attached hydrogen (secondary N) is 1. The van der Waals surface area contributed by atoms with Crippen molar-refractivity contribution in [1.82, 2.24) is 10.2 Å². The average Bonchev–Trinajstić information content (AvgIpc) is 2.46. The molecular formula is C15H22N2O3. The number of likely N-dealkylation sites (tertiary alicyclic amines) is 1. The van der Waals surface area contributed by atoms with Crippen molar-refractivity contribution in [2.75, 3.05) is 46.9 Å². The van der Waals surface area contributed by atoms with Gasteiger partial charge in [-0.25, -0.2) is 0 Å². The van der Waals surface area contributed by atoms with Crippen molar-refractivity contribution in [2.24, 2.45) is 0 Å². The summed E-state index contributed by atoms with van der Waals surface area (Å²) in [6.45, 7) is 4.45. The normalized spacial score (nSPS) is 24.2. The fourth-order valence-corrected chi connectivity index (χ4v) is 2.66. The van der Waals surface area contributed by atoms with Gasteiger partial charge in [-0.05, 0) is 24.7 Å². The van der Waals surface area contributed by atoms with Crippen LogP contribution in [0.1, 0.15) is 11.7 Å². The van der Waals surface area contributed by atoms with E-state index < -0.39 is 0 Å². The van der Waals surface area contributed by atoms with Crippen LogP contribution in [-0.4, -0.2) is 57.9 Å². The van der Waals surface area contributed by atoms with Crippen molar-refractivity contribution in [3.63, 3.8) is 0 Å². The predicted molar refractivity (Wildman–Crippen MR) is 76.5 cm³/mol. The number of ether oxygens (including phenoxy) is 3. The van der Waals surface area contributed by atoms with Crippen molar-refractivity contribution < 1.29 is 14.2 Å². The molecule has 20 heavy (non-hydrogen) atoms. The lowest BCUT2D eigenvalue weighted by atomic mass is 10.1. The highest BCUT2D eigenvalue weighted by molar-refractivity contribution is 5.44. The zero-order valence-corrected chi connectivity index (χ0v) is 12.1. The maximum Gasteiger partial charge on any atom is 0.162 e. The monoisotopic (exact) mass is 278 g/mol. The molecule has 0 saturated carbocycles. The van der Waals surface area contributed by atoms with Crippen LogP contribution in [0.15, 0.2) is 18.2 Å². The van der Waals surface area contributed by atoms with Crippen LogP contribution in [0.5, 0.6) is 11.5 Å². The maximum absolute atomic E-state index is 6.03. The number of rotatable bonds is 4. The van der Waals surface area contributed by atoms with Gasteiger partial charge in [-0.15, -0.1) is 0 Å². The molecule has 0 spiro atoms. The third-order valence-electron chi connectivity index (χ3n) is 3.81. The SMILES string of the molecule is COc1ccc(C2CNCCO2)cc1OC1CN(C)C1. The van der Waals surface area contributed by atoms with Gasteiger partial charge in [0.2, 0.25) is 0 Å². The van der Waals surface area contributed by atoms with E-state index in [1.165, 1.54) is 0 Å². The van der Waals surface area contributed by atoms with Gasteiger partial charge >= 0.3 is 0 Å². The topological polar surface area (TPSA) is 43.0 Å². The molecule has 1 aromatic carbocycles. The van der Waals surface area contributed by atoms with Gasteiger partial charge in [0.05, 0.1) is 19.8 Å². The molecule has 0 radical (unpaired) electrons. The van der Waals surface area contributed by atoms with E-state index in [0.29, 0.717) is 0 Å². The standard InChI is InChI=1S/C15H22N2O3/c1-17-9-12(10-17)20-14-7-11(3-4-13(14)18-2)15-8-16-5-6-19-15/h3-4,7,12,15-16H,5-6,8-10H2,1-2H3. The molecule has 2 heterocycles. The Kier molecular flexibility index (Phi) is 4.10. The summed E-state index contributed by atoms with van der Waals surface area (Å²) in [5, 5.41) is 3.35. The number of morpholine rings is 1. The smallest absolute Gasteiger partial charge is 0.162 e. The number of likely N-dealkylation sites (N-methyl/N-ethyl adjacent to an activating group) is 1. The first kappa shape index (κ1) is 13.7. The first-order chi connectivity index (χ1) is 9.76. The molecule has 3 rings (SSSR count). The van der Waals surface area contributed by atoms with E-state index in [2.05, 4.69) is 29.4 Å². The van der Waals surface area contributed by atoms with E-state index >= 15 is 0 Å². The van der Waals surface area contributed by atoms with Gasteiger partial charge in [-0.1, -0.05) is 6.07 Å². The summed E-state index contributed by atoms with van der Waals surface area (Å²) in [7, 11) is 3.77. The lowest BCUT2D eigenvalue weighted by Gasteiger charge is -2.36. The van der Waals surface area contributed by atoms with Crippen LogP contribution in [-0.2, 0) is 4.74 Å². The van der Waals surface area contributed by atoms with Crippen LogP contribution >= 0.6 is 0 Å². The van der Waals surface area contributed by atoms with Crippen LogP contribution in [0, 0.1) is 0 Å². The Bertz CT molecular complexity index is 454. The third-order valence-corrected chi connectivity index (χ3v) is 3.81. The highest BCUT2D eigenvalue weighted by Gasteiger charge is 2.26. The van der Waals surface area contributed by atoms with Gasteiger partial charge in [-0.3, -0.25) is 4.90 Å². The lowest BCUT2D eigenvalue weighted by molar-refractivity contribution is 0.0255. The number of nitrogens with zero attached hydrogens (tertiary/aromatic N) is 1. The highest BCUT2D eigenvalue weighted by Crippen LogP contribution is 2.33. The van der Waals surface area contributed by atoms with Crippen LogP contribution in [0.2, 0.25) is 0 Å². The first-order valence-corrected chi connectivity index (χ1v) is 7.11. The van der Waals surface area contributed by atoms with E-state index in [4.69, 9.17) is 14.2 Å². The number of benzene rings is 1. The summed E-state index contributed by atoms with van der Waals surface area (Å²) >= 11 is 0. The molecule has 5 heteroatoms. The molecule has 1 unspecified atom stereocenters. The molecule has 0 bridgehead atoms. The summed E-state index contributed by atoms with van der Waals surface area (Å²) in [5.41, 5.74) is 1.14. The van der Waals surface area contributed by atoms with Gasteiger partial charge in [0.1, 0.15) is 6.10 Å². The quantitative estimate of drug-likeness (QED) is 0.892. The van der Waals surface area contributed by atoms with Gasteiger partial charge in [0.15, 0.2) is 11.5 Å². The second-order valence-corrected chi connectivity index (χ2v) is 5.43. The molecule has 110 valence electrons. The summed E-state index contributed by atoms with van der Waals surface area (Å²) < 4.78 is 17.2. The Balaban J connectivity index is 1.75. The number of methoxy groups -OCH3 is 1. The number of hydrogen-bond donors (Lipinski definition) is 1. The van der Waals surface area contributed by atoms with Crippen molar-refractivity contribution in [2.45, 2.75) is 12.2 Å². The van der Waals surface area contributed by atoms with E-state index in [1.54, 1.807) is 7.11 Å². The Morgan fingerprint density at radius 1 is 1.30 bits per heavy atom. The Morgan fingerprint density at radius 2 is 2.15 bits per heavy atom. The second-order valence-electron chi connectivity index (χ2n) is 5.43. The second kappa shape index (κ2) is 5.99. The van der Waals surface area contributed by atoms with E-state index in [-0.39, 0.29) is 12.2 Å². The fraction of sp³-hybridized carbons (Fsp3) is 0.600. The Morgan fingerprint density at radius 3 is 2.80 bits per heavy atom. The van der Waals surface area contributed by atoms with E-state index in [1.807, 2.05) is 6.07 Å².